The van der Waals surface area contributed by atoms with Crippen LogP contribution in [0.3, 0.4) is 0 Å². The maximum Gasteiger partial charge on any atom is 0.319 e. The number of amides is 2. The summed E-state index contributed by atoms with van der Waals surface area (Å²) < 4.78 is 0. The third-order valence-corrected chi connectivity index (χ3v) is 6.07. The molecule has 1 atom stereocenters. The van der Waals surface area contributed by atoms with Crippen molar-refractivity contribution in [2.75, 3.05) is 0 Å². The highest BCUT2D eigenvalue weighted by Gasteiger charge is 2.43. The van der Waals surface area contributed by atoms with Gasteiger partial charge in [0.15, 0.2) is 0 Å². The second kappa shape index (κ2) is 8.39. The first-order valence-corrected chi connectivity index (χ1v) is 10.4. The van der Waals surface area contributed by atoms with Crippen molar-refractivity contribution in [2.45, 2.75) is 72.8 Å². The molecule has 0 saturated heterocycles. The minimum Gasteiger partial charge on any atom is -0.481 e. The van der Waals surface area contributed by atoms with Crippen molar-refractivity contribution >= 4 is 23.6 Å². The normalized spacial score (nSPS) is 20.0. The summed E-state index contributed by atoms with van der Waals surface area (Å²) in [6, 6.07) is 5.67. The first kappa shape index (κ1) is 23.3. The van der Waals surface area contributed by atoms with Crippen molar-refractivity contribution in [3.05, 3.63) is 46.1 Å². The van der Waals surface area contributed by atoms with Gasteiger partial charge in [-0.25, -0.2) is 4.79 Å². The Kier molecular flexibility index (Phi) is 6.73. The molecule has 5 nitrogen and oxygen atoms in total. The van der Waals surface area contributed by atoms with Gasteiger partial charge in [0.05, 0.1) is 5.54 Å². The number of carboxylic acids is 1. The van der Waals surface area contributed by atoms with Gasteiger partial charge in [-0.3, -0.25) is 4.79 Å². The molecule has 160 valence electrons. The largest absolute Gasteiger partial charge is 0.481 e. The van der Waals surface area contributed by atoms with Crippen LogP contribution in [0.15, 0.2) is 30.0 Å². The smallest absolute Gasteiger partial charge is 0.319 e. The van der Waals surface area contributed by atoms with Crippen LogP contribution in [0.4, 0.5) is 4.79 Å². The zero-order valence-electron chi connectivity index (χ0n) is 18.3. The van der Waals surface area contributed by atoms with Crippen LogP contribution in [-0.2, 0) is 16.8 Å². The summed E-state index contributed by atoms with van der Waals surface area (Å²) in [5.74, 6) is -0.834. The molecule has 1 aliphatic rings. The fourth-order valence-corrected chi connectivity index (χ4v) is 4.11. The zero-order valence-corrected chi connectivity index (χ0v) is 19.0. The number of carboxylic acid groups (broad SMARTS) is 1. The molecule has 0 fully saturated rings. The van der Waals surface area contributed by atoms with Crippen molar-refractivity contribution in [3.63, 3.8) is 0 Å². The topological polar surface area (TPSA) is 78.4 Å². The lowest BCUT2D eigenvalue weighted by molar-refractivity contribution is -0.137. The molecule has 3 N–H and O–H groups in total. The van der Waals surface area contributed by atoms with Gasteiger partial charge in [0.2, 0.25) is 0 Å². The van der Waals surface area contributed by atoms with Crippen LogP contribution >= 0.6 is 11.6 Å². The number of rotatable bonds is 7. The molecular formula is C23H33ClN2O3. The van der Waals surface area contributed by atoms with E-state index in [1.807, 2.05) is 39.0 Å². The summed E-state index contributed by atoms with van der Waals surface area (Å²) in [6.45, 7) is 12.6. The van der Waals surface area contributed by atoms with Gasteiger partial charge in [-0.2, -0.15) is 0 Å². The lowest BCUT2D eigenvalue weighted by Crippen LogP contribution is -2.55. The number of carbonyl (C=O) groups excluding carboxylic acids is 1. The molecule has 1 unspecified atom stereocenters. The zero-order chi connectivity index (χ0) is 22.0. The van der Waals surface area contributed by atoms with Gasteiger partial charge in [0, 0.05) is 17.6 Å². The van der Waals surface area contributed by atoms with E-state index in [1.165, 1.54) is 0 Å². The number of aliphatic carboxylic acids is 1. The highest BCUT2D eigenvalue weighted by Crippen LogP contribution is 2.44. The van der Waals surface area contributed by atoms with Crippen LogP contribution in [0.5, 0.6) is 0 Å². The van der Waals surface area contributed by atoms with Crippen LogP contribution in [0.2, 0.25) is 5.02 Å². The van der Waals surface area contributed by atoms with E-state index >= 15 is 0 Å². The first-order valence-electron chi connectivity index (χ1n) is 10.1. The third kappa shape index (κ3) is 5.75. The van der Waals surface area contributed by atoms with Gasteiger partial charge in [0.1, 0.15) is 0 Å². The number of hydrogen-bond donors (Lipinski definition) is 3. The molecule has 1 aromatic rings. The van der Waals surface area contributed by atoms with Crippen LogP contribution < -0.4 is 10.6 Å². The summed E-state index contributed by atoms with van der Waals surface area (Å²) in [4.78, 5) is 23.3. The second-order valence-electron chi connectivity index (χ2n) is 9.93. The van der Waals surface area contributed by atoms with Gasteiger partial charge in [-0.1, -0.05) is 58.4 Å². The van der Waals surface area contributed by atoms with Gasteiger partial charge in [-0.05, 0) is 59.8 Å². The maximum atomic E-state index is 12.2. The van der Waals surface area contributed by atoms with E-state index in [4.69, 9.17) is 16.7 Å². The van der Waals surface area contributed by atoms with E-state index in [0.29, 0.717) is 11.4 Å². The Hall–Kier alpha value is -2.01. The lowest BCUT2D eigenvalue weighted by Gasteiger charge is -2.44. The Bertz CT molecular complexity index is 824. The monoisotopic (exact) mass is 420 g/mol. The minimum atomic E-state index is -0.834. The molecule has 6 heteroatoms. The van der Waals surface area contributed by atoms with Crippen LogP contribution in [0, 0.1) is 10.8 Å². The van der Waals surface area contributed by atoms with Gasteiger partial charge in [0.25, 0.3) is 0 Å². The standard InChI is InChI=1S/C23H33ClN2O3/c1-21(2,3)11-9-15-7-8-16(13-17(15)24)23(6)18(14-25-20(29)26-23)22(4,5)12-10-19(27)28/h7-8,13-14H,9-12H2,1-6H3,(H,27,28)(H2,25,26,29). The van der Waals surface area contributed by atoms with Gasteiger partial charge >= 0.3 is 12.0 Å². The Balaban J connectivity index is 2.39. The van der Waals surface area contributed by atoms with Crippen molar-refractivity contribution in [1.82, 2.24) is 10.6 Å². The SMILES string of the molecule is CC(C)(C)CCc1ccc(C2(C)NC(=O)NC=C2C(C)(C)CCC(=O)O)cc1Cl. The Labute approximate surface area is 178 Å². The van der Waals surface area contributed by atoms with Crippen molar-refractivity contribution in [3.8, 4) is 0 Å². The van der Waals surface area contributed by atoms with E-state index in [2.05, 4.69) is 31.4 Å². The summed E-state index contributed by atoms with van der Waals surface area (Å²) >= 11 is 6.62. The molecular weight excluding hydrogens is 388 g/mol. The second-order valence-corrected chi connectivity index (χ2v) is 10.3. The summed E-state index contributed by atoms with van der Waals surface area (Å²) in [6.07, 6.45) is 4.14. The van der Waals surface area contributed by atoms with E-state index in [0.717, 1.165) is 29.5 Å². The lowest BCUT2D eigenvalue weighted by atomic mass is 9.68. The first-order chi connectivity index (χ1) is 13.2. The minimum absolute atomic E-state index is 0.0564. The molecule has 0 aliphatic carbocycles. The van der Waals surface area contributed by atoms with Crippen molar-refractivity contribution < 1.29 is 14.7 Å². The molecule has 1 aliphatic heterocycles. The molecule has 0 bridgehead atoms. The van der Waals surface area contributed by atoms with Crippen LogP contribution in [-0.4, -0.2) is 17.1 Å². The molecule has 1 heterocycles. The van der Waals surface area contributed by atoms with Crippen molar-refractivity contribution in [1.29, 1.82) is 0 Å². The van der Waals surface area contributed by atoms with Crippen LogP contribution in [0.25, 0.3) is 0 Å². The number of hydrogen-bond acceptors (Lipinski definition) is 2. The van der Waals surface area contributed by atoms with E-state index in [-0.39, 0.29) is 17.9 Å². The maximum absolute atomic E-state index is 12.2. The van der Waals surface area contributed by atoms with Gasteiger partial charge < -0.3 is 15.7 Å². The Morgan fingerprint density at radius 1 is 1.17 bits per heavy atom. The molecule has 2 amide bonds. The average molecular weight is 421 g/mol. The van der Waals surface area contributed by atoms with E-state index in [9.17, 15) is 9.59 Å². The third-order valence-electron chi connectivity index (χ3n) is 5.72. The fourth-order valence-electron chi connectivity index (χ4n) is 3.84. The number of nitrogens with one attached hydrogen (secondary N) is 2. The number of halogens is 1. The number of carbonyl (C=O) groups is 2. The number of urea groups is 1. The summed E-state index contributed by atoms with van der Waals surface area (Å²) in [5.41, 5.74) is 1.89. The quantitative estimate of drug-likeness (QED) is 0.535. The molecule has 0 aromatic heterocycles. The highest BCUT2D eigenvalue weighted by atomic mass is 35.5. The highest BCUT2D eigenvalue weighted by molar-refractivity contribution is 6.31. The van der Waals surface area contributed by atoms with Crippen molar-refractivity contribution in [2.24, 2.45) is 10.8 Å². The summed E-state index contributed by atoms with van der Waals surface area (Å²) in [5, 5.41) is 15.6. The Morgan fingerprint density at radius 2 is 1.83 bits per heavy atom. The average Bonchev–Trinajstić information content (AvgIpc) is 2.58. The summed E-state index contributed by atoms with van der Waals surface area (Å²) in [7, 11) is 0. The molecule has 0 radical (unpaired) electrons. The van der Waals surface area contributed by atoms with Crippen LogP contribution in [0.1, 0.15) is 71.9 Å². The molecule has 0 spiro atoms. The number of benzene rings is 1. The Morgan fingerprint density at radius 3 is 2.38 bits per heavy atom. The number of aryl methyl sites for hydroxylation is 1. The molecule has 29 heavy (non-hydrogen) atoms. The van der Waals surface area contributed by atoms with Gasteiger partial charge in [-0.15, -0.1) is 0 Å². The predicted molar refractivity (Wildman–Crippen MR) is 117 cm³/mol. The molecule has 0 saturated carbocycles. The molecule has 1 aromatic carbocycles. The fraction of sp³-hybridized carbons (Fsp3) is 0.565. The predicted octanol–water partition coefficient (Wildman–Crippen LogP) is 5.62. The van der Waals surface area contributed by atoms with E-state index in [1.54, 1.807) is 6.20 Å². The molecule has 2 rings (SSSR count). The van der Waals surface area contributed by atoms with E-state index < -0.39 is 16.9 Å².